The van der Waals surface area contributed by atoms with E-state index in [1.54, 1.807) is 25.3 Å². The molecule has 0 aliphatic rings. The lowest BCUT2D eigenvalue weighted by molar-refractivity contribution is 0.0497. The number of methoxy groups -OCH3 is 1. The first-order valence-corrected chi connectivity index (χ1v) is 6.27. The molecule has 0 fully saturated rings. The molecule has 1 unspecified atom stereocenters. The number of benzene rings is 1. The van der Waals surface area contributed by atoms with E-state index in [9.17, 15) is 10.2 Å². The molecule has 0 heterocycles. The van der Waals surface area contributed by atoms with Crippen LogP contribution in [-0.2, 0) is 6.54 Å². The summed E-state index contributed by atoms with van der Waals surface area (Å²) in [6.45, 7) is 4.86. The molecule has 1 atom stereocenters. The van der Waals surface area contributed by atoms with Crippen LogP contribution in [0.25, 0.3) is 0 Å². The van der Waals surface area contributed by atoms with Crippen molar-refractivity contribution in [1.29, 1.82) is 0 Å². The van der Waals surface area contributed by atoms with Crippen LogP contribution in [0.1, 0.15) is 32.3 Å². The van der Waals surface area contributed by atoms with Gasteiger partial charge in [0.25, 0.3) is 0 Å². The van der Waals surface area contributed by atoms with E-state index in [2.05, 4.69) is 5.32 Å². The molecule has 1 aromatic rings. The lowest BCUT2D eigenvalue weighted by Gasteiger charge is -2.23. The molecule has 18 heavy (non-hydrogen) atoms. The van der Waals surface area contributed by atoms with Crippen LogP contribution in [0.2, 0.25) is 0 Å². The highest BCUT2D eigenvalue weighted by Crippen LogP contribution is 2.22. The first-order chi connectivity index (χ1) is 8.48. The van der Waals surface area contributed by atoms with Gasteiger partial charge in [-0.05, 0) is 31.5 Å². The highest BCUT2D eigenvalue weighted by Gasteiger charge is 2.18. The average molecular weight is 253 g/mol. The summed E-state index contributed by atoms with van der Waals surface area (Å²) in [7, 11) is 1.59. The Labute approximate surface area is 109 Å². The van der Waals surface area contributed by atoms with Crippen LogP contribution in [0.3, 0.4) is 0 Å². The second-order valence-electron chi connectivity index (χ2n) is 4.85. The van der Waals surface area contributed by atoms with E-state index in [0.717, 1.165) is 18.4 Å². The molecule has 4 nitrogen and oxygen atoms in total. The van der Waals surface area contributed by atoms with Crippen molar-refractivity contribution in [3.63, 3.8) is 0 Å². The van der Waals surface area contributed by atoms with Crippen LogP contribution in [0, 0.1) is 0 Å². The third kappa shape index (κ3) is 4.55. The van der Waals surface area contributed by atoms with Crippen molar-refractivity contribution in [3.05, 3.63) is 23.8 Å². The Kier molecular flexibility index (Phi) is 5.44. The van der Waals surface area contributed by atoms with Gasteiger partial charge < -0.3 is 20.3 Å². The van der Waals surface area contributed by atoms with Crippen molar-refractivity contribution in [1.82, 2.24) is 5.32 Å². The number of nitrogens with one attached hydrogen (secondary N) is 1. The maximum atomic E-state index is 10.0. The number of aliphatic hydroxyl groups is 1. The molecule has 0 radical (unpaired) electrons. The summed E-state index contributed by atoms with van der Waals surface area (Å²) in [5, 5.41) is 22.9. The Balaban J connectivity index is 2.53. The van der Waals surface area contributed by atoms with E-state index >= 15 is 0 Å². The molecule has 0 spiro atoms. The van der Waals surface area contributed by atoms with Crippen LogP contribution >= 0.6 is 0 Å². The van der Waals surface area contributed by atoms with Gasteiger partial charge in [-0.3, -0.25) is 0 Å². The zero-order valence-electron chi connectivity index (χ0n) is 11.4. The first kappa shape index (κ1) is 14.8. The van der Waals surface area contributed by atoms with Crippen LogP contribution in [-0.4, -0.2) is 29.5 Å². The van der Waals surface area contributed by atoms with Crippen molar-refractivity contribution in [2.24, 2.45) is 0 Å². The highest BCUT2D eigenvalue weighted by molar-refractivity contribution is 5.39. The Morgan fingerprint density at radius 2 is 2.11 bits per heavy atom. The summed E-state index contributed by atoms with van der Waals surface area (Å²) in [4.78, 5) is 0. The number of hydrogen-bond acceptors (Lipinski definition) is 4. The highest BCUT2D eigenvalue weighted by atomic mass is 16.5. The third-order valence-corrected chi connectivity index (χ3v) is 2.90. The van der Waals surface area contributed by atoms with Crippen molar-refractivity contribution in [3.8, 4) is 11.5 Å². The Morgan fingerprint density at radius 3 is 2.72 bits per heavy atom. The first-order valence-electron chi connectivity index (χ1n) is 6.27. The maximum absolute atomic E-state index is 10.0. The maximum Gasteiger partial charge on any atom is 0.120 e. The van der Waals surface area contributed by atoms with Crippen molar-refractivity contribution < 1.29 is 14.9 Å². The predicted octanol–water partition coefficient (Wildman–Crippen LogP) is 2.04. The third-order valence-electron chi connectivity index (χ3n) is 2.90. The van der Waals surface area contributed by atoms with Crippen LogP contribution in [0.15, 0.2) is 18.2 Å². The normalized spacial score (nSPS) is 14.2. The Morgan fingerprint density at radius 1 is 1.39 bits per heavy atom. The Hall–Kier alpha value is -1.26. The fraction of sp³-hybridized carbons (Fsp3) is 0.571. The van der Waals surface area contributed by atoms with E-state index < -0.39 is 5.60 Å². The summed E-state index contributed by atoms with van der Waals surface area (Å²) in [5.41, 5.74) is 0.0603. The van der Waals surface area contributed by atoms with E-state index in [1.165, 1.54) is 0 Å². The average Bonchev–Trinajstić information content (AvgIpc) is 2.31. The number of rotatable bonds is 7. The second-order valence-corrected chi connectivity index (χ2v) is 4.85. The number of phenolic OH excluding ortho intramolecular Hbond substituents is 1. The summed E-state index contributed by atoms with van der Waals surface area (Å²) < 4.78 is 5.11. The fourth-order valence-corrected chi connectivity index (χ4v) is 1.92. The fourth-order valence-electron chi connectivity index (χ4n) is 1.92. The monoisotopic (exact) mass is 253 g/mol. The van der Waals surface area contributed by atoms with Crippen molar-refractivity contribution in [2.75, 3.05) is 13.7 Å². The van der Waals surface area contributed by atoms with Gasteiger partial charge in [-0.25, -0.2) is 0 Å². The molecule has 1 rings (SSSR count). The minimum absolute atomic E-state index is 0.235. The zero-order valence-corrected chi connectivity index (χ0v) is 11.4. The second kappa shape index (κ2) is 6.61. The minimum Gasteiger partial charge on any atom is -0.508 e. The zero-order chi connectivity index (χ0) is 13.6. The SMILES string of the molecule is CCCC(C)(O)CNCc1cc(OC)ccc1O. The summed E-state index contributed by atoms with van der Waals surface area (Å²) in [6.07, 6.45) is 1.70. The van der Waals surface area contributed by atoms with Gasteiger partial charge in [0, 0.05) is 18.7 Å². The molecule has 4 heteroatoms. The van der Waals surface area contributed by atoms with Gasteiger partial charge in [-0.1, -0.05) is 13.3 Å². The molecule has 3 N–H and O–H groups in total. The topological polar surface area (TPSA) is 61.7 Å². The molecule has 0 aliphatic carbocycles. The quantitative estimate of drug-likeness (QED) is 0.696. The lowest BCUT2D eigenvalue weighted by atomic mass is 10.0. The molecule has 0 bridgehead atoms. The number of phenols is 1. The lowest BCUT2D eigenvalue weighted by Crippen LogP contribution is -2.37. The van der Waals surface area contributed by atoms with E-state index in [4.69, 9.17) is 4.74 Å². The Bertz CT molecular complexity index is 377. The number of ether oxygens (including phenoxy) is 1. The molecule has 0 amide bonds. The van der Waals surface area contributed by atoms with Gasteiger partial charge in [0.05, 0.1) is 12.7 Å². The molecular formula is C14H23NO3. The molecule has 0 aliphatic heterocycles. The predicted molar refractivity (Wildman–Crippen MR) is 71.9 cm³/mol. The molecule has 0 saturated heterocycles. The van der Waals surface area contributed by atoms with E-state index in [0.29, 0.717) is 18.8 Å². The molecule has 0 aromatic heterocycles. The minimum atomic E-state index is -0.705. The van der Waals surface area contributed by atoms with Crippen LogP contribution in [0.5, 0.6) is 11.5 Å². The van der Waals surface area contributed by atoms with Crippen LogP contribution < -0.4 is 10.1 Å². The van der Waals surface area contributed by atoms with Gasteiger partial charge in [-0.2, -0.15) is 0 Å². The van der Waals surface area contributed by atoms with Gasteiger partial charge in [0.1, 0.15) is 11.5 Å². The van der Waals surface area contributed by atoms with Gasteiger partial charge in [0.15, 0.2) is 0 Å². The molecular weight excluding hydrogens is 230 g/mol. The van der Waals surface area contributed by atoms with Crippen LogP contribution in [0.4, 0.5) is 0 Å². The number of aromatic hydroxyl groups is 1. The largest absolute Gasteiger partial charge is 0.508 e. The summed E-state index contributed by atoms with van der Waals surface area (Å²) in [5.74, 6) is 0.948. The van der Waals surface area contributed by atoms with Gasteiger partial charge in [0.2, 0.25) is 0 Å². The van der Waals surface area contributed by atoms with E-state index in [-0.39, 0.29) is 5.75 Å². The van der Waals surface area contributed by atoms with Gasteiger partial charge in [-0.15, -0.1) is 0 Å². The standard InChI is InChI=1S/C14H23NO3/c1-4-7-14(2,17)10-15-9-11-8-12(18-3)5-6-13(11)16/h5-6,8,15-17H,4,7,9-10H2,1-3H3. The molecule has 102 valence electrons. The smallest absolute Gasteiger partial charge is 0.120 e. The molecule has 0 saturated carbocycles. The van der Waals surface area contributed by atoms with E-state index in [1.807, 2.05) is 13.8 Å². The van der Waals surface area contributed by atoms with Gasteiger partial charge >= 0.3 is 0 Å². The van der Waals surface area contributed by atoms with Crippen molar-refractivity contribution >= 4 is 0 Å². The summed E-state index contributed by atoms with van der Waals surface area (Å²) >= 11 is 0. The van der Waals surface area contributed by atoms with Crippen molar-refractivity contribution in [2.45, 2.75) is 38.8 Å². The summed E-state index contributed by atoms with van der Waals surface area (Å²) in [6, 6.07) is 5.11. The number of hydrogen-bond donors (Lipinski definition) is 3. The molecule has 1 aromatic carbocycles.